The molecule has 0 aliphatic heterocycles. The Morgan fingerprint density at radius 2 is 1.27 bits per heavy atom. The molecule has 3 amide bonds. The van der Waals surface area contributed by atoms with E-state index >= 15 is 0 Å². The van der Waals surface area contributed by atoms with Gasteiger partial charge in [0.05, 0.1) is 25.7 Å². The molecule has 30 heavy (non-hydrogen) atoms. The molecular weight excluding hydrogens is 406 g/mol. The van der Waals surface area contributed by atoms with Crippen molar-refractivity contribution in [2.24, 2.45) is 11.5 Å². The number of carboxylic acid groups (broad SMARTS) is 2. The van der Waals surface area contributed by atoms with Crippen molar-refractivity contribution in [3.63, 3.8) is 0 Å². The summed E-state index contributed by atoms with van der Waals surface area (Å²) in [7, 11) is 0. The molecule has 0 radical (unpaired) electrons. The lowest BCUT2D eigenvalue weighted by Crippen LogP contribution is -2.58. The third kappa shape index (κ3) is 10.1. The minimum atomic E-state index is -1.64. The molecule has 0 aromatic carbocycles. The van der Waals surface area contributed by atoms with Crippen LogP contribution in [0.2, 0.25) is 0 Å². The summed E-state index contributed by atoms with van der Waals surface area (Å²) in [5.41, 5.74) is 10.9. The van der Waals surface area contributed by atoms with E-state index in [-0.39, 0.29) is 6.42 Å². The number of rotatable bonds is 15. The fourth-order valence-corrected chi connectivity index (χ4v) is 2.25. The number of aliphatic hydroxyl groups excluding tert-OH is 2. The highest BCUT2D eigenvalue weighted by Crippen LogP contribution is 2.03. The van der Waals surface area contributed by atoms with Gasteiger partial charge in [0.25, 0.3) is 0 Å². The topological polar surface area (TPSA) is 254 Å². The molecular formula is C16H29N5O9. The van der Waals surface area contributed by atoms with Crippen molar-refractivity contribution in [2.45, 2.75) is 49.9 Å². The van der Waals surface area contributed by atoms with E-state index < -0.39 is 73.5 Å². The molecule has 0 fully saturated rings. The van der Waals surface area contributed by atoms with Crippen LogP contribution >= 0.6 is 0 Å². The number of amides is 3. The van der Waals surface area contributed by atoms with Crippen molar-refractivity contribution < 1.29 is 44.4 Å². The molecule has 0 saturated heterocycles. The highest BCUT2D eigenvalue weighted by Gasteiger charge is 2.30. The third-order valence-electron chi connectivity index (χ3n) is 3.92. The van der Waals surface area contributed by atoms with Gasteiger partial charge >= 0.3 is 11.9 Å². The van der Waals surface area contributed by atoms with Gasteiger partial charge in [-0.15, -0.1) is 0 Å². The number of hydrogen-bond donors (Lipinski definition) is 9. The molecule has 0 bridgehead atoms. The smallest absolute Gasteiger partial charge is 0.328 e. The first kappa shape index (κ1) is 27.2. The molecule has 172 valence electrons. The number of carbonyl (C=O) groups is 5. The monoisotopic (exact) mass is 435 g/mol. The zero-order valence-electron chi connectivity index (χ0n) is 16.2. The van der Waals surface area contributed by atoms with Crippen LogP contribution in [0.3, 0.4) is 0 Å². The van der Waals surface area contributed by atoms with E-state index in [0.29, 0.717) is 19.4 Å². The predicted octanol–water partition coefficient (Wildman–Crippen LogP) is -4.56. The Kier molecular flexibility index (Phi) is 12.9. The van der Waals surface area contributed by atoms with Gasteiger partial charge in [0, 0.05) is 0 Å². The summed E-state index contributed by atoms with van der Waals surface area (Å²) in [5, 5.41) is 42.3. The Morgan fingerprint density at radius 1 is 0.767 bits per heavy atom. The first-order valence-corrected chi connectivity index (χ1v) is 9.10. The highest BCUT2D eigenvalue weighted by atomic mass is 16.4. The Hall–Kier alpha value is -2.81. The van der Waals surface area contributed by atoms with E-state index in [4.69, 9.17) is 26.8 Å². The largest absolute Gasteiger partial charge is 0.481 e. The molecule has 14 nitrogen and oxygen atoms in total. The summed E-state index contributed by atoms with van der Waals surface area (Å²) in [6.07, 6.45) is 0.345. The maximum atomic E-state index is 12.5. The molecule has 0 spiro atoms. The summed E-state index contributed by atoms with van der Waals surface area (Å²) in [6.45, 7) is -1.48. The van der Waals surface area contributed by atoms with Crippen LogP contribution in [0.25, 0.3) is 0 Å². The minimum absolute atomic E-state index is 0.0860. The Labute approximate surface area is 172 Å². The van der Waals surface area contributed by atoms with Gasteiger partial charge in [0.15, 0.2) is 0 Å². The molecule has 0 heterocycles. The number of nitrogens with one attached hydrogen (secondary N) is 3. The molecule has 0 aliphatic carbocycles. The summed E-state index contributed by atoms with van der Waals surface area (Å²) in [6, 6.07) is -5.82. The second-order valence-electron chi connectivity index (χ2n) is 6.38. The minimum Gasteiger partial charge on any atom is -0.481 e. The van der Waals surface area contributed by atoms with E-state index in [1.165, 1.54) is 0 Å². The number of carbonyl (C=O) groups excluding carboxylic acids is 3. The second-order valence-corrected chi connectivity index (χ2v) is 6.38. The standard InChI is InChI=1S/C16H29N5O9/c17-4-2-1-3-9(19-13(26)8(18)5-12(24)25)14(27)20-10(6-22)15(28)21-11(7-23)16(29)30/h8-11,22-23H,1-7,17-18H2,(H,19,26)(H,20,27)(H,21,28)(H,24,25)(H,29,30). The SMILES string of the molecule is NCCCCC(NC(=O)C(N)CC(=O)O)C(=O)NC(CO)C(=O)NC(CO)C(=O)O. The van der Waals surface area contributed by atoms with Crippen LogP contribution in [-0.2, 0) is 24.0 Å². The van der Waals surface area contributed by atoms with E-state index in [1.807, 2.05) is 5.32 Å². The van der Waals surface area contributed by atoms with Crippen LogP contribution in [-0.4, -0.2) is 94.0 Å². The lowest BCUT2D eigenvalue weighted by Gasteiger charge is -2.24. The second kappa shape index (κ2) is 14.2. The van der Waals surface area contributed by atoms with Crippen molar-refractivity contribution in [3.8, 4) is 0 Å². The van der Waals surface area contributed by atoms with Crippen molar-refractivity contribution in [3.05, 3.63) is 0 Å². The molecule has 0 aromatic rings. The number of nitrogens with two attached hydrogens (primary N) is 2. The van der Waals surface area contributed by atoms with Crippen LogP contribution in [0, 0.1) is 0 Å². The van der Waals surface area contributed by atoms with E-state index in [0.717, 1.165) is 0 Å². The molecule has 0 aromatic heterocycles. The Morgan fingerprint density at radius 3 is 1.73 bits per heavy atom. The molecule has 4 unspecified atom stereocenters. The summed E-state index contributed by atoms with van der Waals surface area (Å²) in [5.74, 6) is -5.68. The Bertz CT molecular complexity index is 616. The summed E-state index contributed by atoms with van der Waals surface area (Å²) >= 11 is 0. The van der Waals surface area contributed by atoms with Gasteiger partial charge in [-0.1, -0.05) is 0 Å². The van der Waals surface area contributed by atoms with Crippen LogP contribution in [0.4, 0.5) is 0 Å². The maximum Gasteiger partial charge on any atom is 0.328 e. The van der Waals surface area contributed by atoms with E-state index in [2.05, 4.69) is 10.6 Å². The van der Waals surface area contributed by atoms with Crippen molar-refractivity contribution in [2.75, 3.05) is 19.8 Å². The number of aliphatic carboxylic acids is 2. The average molecular weight is 435 g/mol. The summed E-state index contributed by atoms with van der Waals surface area (Å²) < 4.78 is 0. The normalized spacial score (nSPS) is 14.7. The van der Waals surface area contributed by atoms with Crippen LogP contribution in [0.15, 0.2) is 0 Å². The number of carboxylic acids is 2. The zero-order chi connectivity index (χ0) is 23.3. The number of unbranched alkanes of at least 4 members (excludes halogenated alkanes) is 1. The van der Waals surface area contributed by atoms with Gasteiger partial charge in [-0.3, -0.25) is 19.2 Å². The quantitative estimate of drug-likeness (QED) is 0.111. The molecule has 4 atom stereocenters. The van der Waals surface area contributed by atoms with E-state index in [1.54, 1.807) is 0 Å². The highest BCUT2D eigenvalue weighted by molar-refractivity contribution is 5.94. The molecule has 14 heteroatoms. The van der Waals surface area contributed by atoms with Gasteiger partial charge in [0.2, 0.25) is 17.7 Å². The third-order valence-corrected chi connectivity index (χ3v) is 3.92. The lowest BCUT2D eigenvalue weighted by molar-refractivity contribution is -0.143. The van der Waals surface area contributed by atoms with Crippen LogP contribution in [0.5, 0.6) is 0 Å². The number of hydrogen-bond acceptors (Lipinski definition) is 9. The zero-order valence-corrected chi connectivity index (χ0v) is 16.2. The number of aliphatic hydroxyl groups is 2. The predicted molar refractivity (Wildman–Crippen MR) is 101 cm³/mol. The molecule has 0 aliphatic rings. The van der Waals surface area contributed by atoms with Crippen molar-refractivity contribution in [1.29, 1.82) is 0 Å². The van der Waals surface area contributed by atoms with Gasteiger partial charge < -0.3 is 47.8 Å². The Balaban J connectivity index is 5.17. The summed E-state index contributed by atoms with van der Waals surface area (Å²) in [4.78, 5) is 58.2. The molecule has 11 N–H and O–H groups in total. The van der Waals surface area contributed by atoms with Gasteiger partial charge in [-0.05, 0) is 25.8 Å². The lowest BCUT2D eigenvalue weighted by atomic mass is 10.1. The maximum absolute atomic E-state index is 12.5. The van der Waals surface area contributed by atoms with Crippen LogP contribution < -0.4 is 27.4 Å². The fraction of sp³-hybridized carbons (Fsp3) is 0.688. The first-order chi connectivity index (χ1) is 14.1. The van der Waals surface area contributed by atoms with E-state index in [9.17, 15) is 29.1 Å². The average Bonchev–Trinajstić information content (AvgIpc) is 2.68. The van der Waals surface area contributed by atoms with Gasteiger partial charge in [-0.2, -0.15) is 0 Å². The molecule has 0 saturated carbocycles. The van der Waals surface area contributed by atoms with Gasteiger partial charge in [0.1, 0.15) is 18.1 Å². The van der Waals surface area contributed by atoms with Gasteiger partial charge in [-0.25, -0.2) is 4.79 Å². The van der Waals surface area contributed by atoms with Crippen molar-refractivity contribution in [1.82, 2.24) is 16.0 Å². The van der Waals surface area contributed by atoms with Crippen LogP contribution in [0.1, 0.15) is 25.7 Å². The van der Waals surface area contributed by atoms with Crippen molar-refractivity contribution >= 4 is 29.7 Å². The fourth-order valence-electron chi connectivity index (χ4n) is 2.25. The molecule has 0 rings (SSSR count). The first-order valence-electron chi connectivity index (χ1n) is 9.10.